The Morgan fingerprint density at radius 3 is 2.32 bits per heavy atom. The van der Waals surface area contributed by atoms with E-state index >= 15 is 0 Å². The molecule has 1 aliphatic heterocycles. The Balaban J connectivity index is 1.50. The van der Waals surface area contributed by atoms with Crippen molar-refractivity contribution < 1.29 is 17.6 Å². The topological polar surface area (TPSA) is 85.5 Å². The van der Waals surface area contributed by atoms with Crippen LogP contribution in [0.1, 0.15) is 41.3 Å². The maximum absolute atomic E-state index is 13.3. The van der Waals surface area contributed by atoms with Gasteiger partial charge in [-0.05, 0) is 56.9 Å². The highest BCUT2D eigenvalue weighted by atomic mass is 32.2. The largest absolute Gasteiger partial charge is 0.496 e. The van der Waals surface area contributed by atoms with Crippen LogP contribution < -0.4 is 4.74 Å². The van der Waals surface area contributed by atoms with Crippen LogP contribution in [0.3, 0.4) is 0 Å². The van der Waals surface area contributed by atoms with E-state index in [0.717, 1.165) is 22.3 Å². The molecule has 0 N–H and O–H groups in total. The summed E-state index contributed by atoms with van der Waals surface area (Å²) in [4.78, 5) is 0.424. The zero-order chi connectivity index (χ0) is 22.2. The van der Waals surface area contributed by atoms with Crippen molar-refractivity contribution in [2.24, 2.45) is 0 Å². The molecule has 3 aromatic rings. The van der Waals surface area contributed by atoms with Gasteiger partial charge < -0.3 is 9.15 Å². The highest BCUT2D eigenvalue weighted by Gasteiger charge is 2.33. The predicted molar refractivity (Wildman–Crippen MR) is 118 cm³/mol. The molecule has 0 unspecified atom stereocenters. The quantitative estimate of drug-likeness (QED) is 0.589. The fourth-order valence-electron chi connectivity index (χ4n) is 4.38. The summed E-state index contributed by atoms with van der Waals surface area (Å²) in [6.07, 6.45) is 1.27. The molecule has 0 bridgehead atoms. The molecule has 0 spiro atoms. The first kappa shape index (κ1) is 21.5. The average molecular weight is 442 g/mol. The van der Waals surface area contributed by atoms with E-state index in [0.29, 0.717) is 48.4 Å². The number of hydrogen-bond donors (Lipinski definition) is 0. The molecule has 1 saturated heterocycles. The Bertz CT molecular complexity index is 1170. The predicted octanol–water partition coefficient (Wildman–Crippen LogP) is 4.24. The van der Waals surface area contributed by atoms with Gasteiger partial charge in [-0.1, -0.05) is 29.8 Å². The van der Waals surface area contributed by atoms with Gasteiger partial charge in [0.05, 0.1) is 17.6 Å². The molecule has 0 saturated carbocycles. The normalized spacial score (nSPS) is 15.9. The third kappa shape index (κ3) is 4.09. The van der Waals surface area contributed by atoms with Crippen LogP contribution in [0.2, 0.25) is 0 Å². The number of nitrogens with zero attached hydrogens (tertiary/aromatic N) is 3. The van der Waals surface area contributed by atoms with Crippen LogP contribution in [-0.2, 0) is 10.0 Å². The lowest BCUT2D eigenvalue weighted by atomic mass is 9.98. The number of hydrogen-bond acceptors (Lipinski definition) is 6. The SMILES string of the molecule is COc1ccccc1-c1nnc(C2CCN(S(=O)(=O)c3c(C)cc(C)cc3C)CC2)o1. The number of ether oxygens (including phenoxy) is 1. The van der Waals surface area contributed by atoms with Crippen LogP contribution in [0.15, 0.2) is 45.7 Å². The molecule has 2 aromatic carbocycles. The first-order valence-electron chi connectivity index (χ1n) is 10.4. The van der Waals surface area contributed by atoms with Crippen LogP contribution in [0.4, 0.5) is 0 Å². The monoisotopic (exact) mass is 441 g/mol. The molecular formula is C23H27N3O4S. The second-order valence-corrected chi connectivity index (χ2v) is 9.93. The highest BCUT2D eigenvalue weighted by Crippen LogP contribution is 2.35. The lowest BCUT2D eigenvalue weighted by Crippen LogP contribution is -2.38. The smallest absolute Gasteiger partial charge is 0.251 e. The van der Waals surface area contributed by atoms with Crippen LogP contribution >= 0.6 is 0 Å². The van der Waals surface area contributed by atoms with E-state index in [2.05, 4.69) is 10.2 Å². The molecule has 1 aromatic heterocycles. The first-order chi connectivity index (χ1) is 14.8. The lowest BCUT2D eigenvalue weighted by molar-refractivity contribution is 0.291. The first-order valence-corrected chi connectivity index (χ1v) is 11.8. The maximum Gasteiger partial charge on any atom is 0.251 e. The number of para-hydroxylation sites is 1. The Kier molecular flexibility index (Phi) is 5.85. The van der Waals surface area contributed by atoms with Gasteiger partial charge in [-0.25, -0.2) is 8.42 Å². The van der Waals surface area contributed by atoms with Crippen molar-refractivity contribution in [2.45, 2.75) is 44.4 Å². The van der Waals surface area contributed by atoms with E-state index in [1.54, 1.807) is 11.4 Å². The van der Waals surface area contributed by atoms with Gasteiger partial charge in [0.2, 0.25) is 15.9 Å². The Hall–Kier alpha value is -2.71. The summed E-state index contributed by atoms with van der Waals surface area (Å²) in [5.41, 5.74) is 3.39. The Morgan fingerprint density at radius 2 is 1.68 bits per heavy atom. The molecule has 164 valence electrons. The van der Waals surface area contributed by atoms with Gasteiger partial charge in [-0.15, -0.1) is 10.2 Å². The van der Waals surface area contributed by atoms with E-state index in [1.165, 1.54) is 0 Å². The summed E-state index contributed by atoms with van der Waals surface area (Å²) in [5, 5.41) is 8.42. The van der Waals surface area contributed by atoms with Gasteiger partial charge in [0.15, 0.2) is 0 Å². The maximum atomic E-state index is 13.3. The highest BCUT2D eigenvalue weighted by molar-refractivity contribution is 7.89. The zero-order valence-corrected chi connectivity index (χ0v) is 19.1. The molecule has 0 amide bonds. The standard InChI is InChI=1S/C23H27N3O4S/c1-15-13-16(2)21(17(3)14-15)31(27,28)26-11-9-18(10-12-26)22-24-25-23(30-22)19-7-5-6-8-20(19)29-4/h5-8,13-14,18H,9-12H2,1-4H3. The third-order valence-electron chi connectivity index (χ3n) is 5.78. The molecular weight excluding hydrogens is 414 g/mol. The number of aromatic nitrogens is 2. The van der Waals surface area contributed by atoms with Crippen LogP contribution in [0.25, 0.3) is 11.5 Å². The summed E-state index contributed by atoms with van der Waals surface area (Å²) < 4.78 is 39.5. The molecule has 4 rings (SSSR count). The van der Waals surface area contributed by atoms with Crippen molar-refractivity contribution in [3.63, 3.8) is 0 Å². The van der Waals surface area contributed by atoms with Crippen molar-refractivity contribution in [2.75, 3.05) is 20.2 Å². The number of methoxy groups -OCH3 is 1. The molecule has 0 aliphatic carbocycles. The fraction of sp³-hybridized carbons (Fsp3) is 0.391. The van der Waals surface area contributed by atoms with Crippen molar-refractivity contribution in [1.29, 1.82) is 0 Å². The van der Waals surface area contributed by atoms with Crippen molar-refractivity contribution in [1.82, 2.24) is 14.5 Å². The molecule has 31 heavy (non-hydrogen) atoms. The second-order valence-electron chi connectivity index (χ2n) is 8.05. The van der Waals surface area contributed by atoms with E-state index in [1.807, 2.05) is 57.2 Å². The molecule has 0 radical (unpaired) electrons. The van der Waals surface area contributed by atoms with Gasteiger partial charge in [0, 0.05) is 19.0 Å². The summed E-state index contributed by atoms with van der Waals surface area (Å²) >= 11 is 0. The molecule has 0 atom stereocenters. The number of benzene rings is 2. The zero-order valence-electron chi connectivity index (χ0n) is 18.3. The molecule has 1 fully saturated rings. The van der Waals surface area contributed by atoms with E-state index in [-0.39, 0.29) is 5.92 Å². The lowest BCUT2D eigenvalue weighted by Gasteiger charge is -2.30. The minimum Gasteiger partial charge on any atom is -0.496 e. The summed E-state index contributed by atoms with van der Waals surface area (Å²) in [6.45, 7) is 6.54. The number of piperidine rings is 1. The van der Waals surface area contributed by atoms with Crippen LogP contribution in [0.5, 0.6) is 5.75 Å². The minimum atomic E-state index is -3.54. The number of aryl methyl sites for hydroxylation is 3. The molecule has 8 heteroatoms. The van der Waals surface area contributed by atoms with Gasteiger partial charge in [0.1, 0.15) is 5.75 Å². The third-order valence-corrected chi connectivity index (χ3v) is 7.99. The van der Waals surface area contributed by atoms with Crippen LogP contribution in [-0.4, -0.2) is 43.1 Å². The summed E-state index contributed by atoms with van der Waals surface area (Å²) in [5.74, 6) is 1.65. The Morgan fingerprint density at radius 1 is 1.03 bits per heavy atom. The second kappa shape index (κ2) is 8.43. The molecule has 1 aliphatic rings. The minimum absolute atomic E-state index is 0.0302. The average Bonchev–Trinajstić information content (AvgIpc) is 3.23. The van der Waals surface area contributed by atoms with Crippen molar-refractivity contribution >= 4 is 10.0 Å². The number of rotatable bonds is 5. The summed E-state index contributed by atoms with van der Waals surface area (Å²) in [7, 11) is -1.94. The number of sulfonamides is 1. The molecule has 7 nitrogen and oxygen atoms in total. The van der Waals surface area contributed by atoms with Crippen molar-refractivity contribution in [3.05, 3.63) is 59.0 Å². The van der Waals surface area contributed by atoms with Crippen LogP contribution in [0, 0.1) is 20.8 Å². The van der Waals surface area contributed by atoms with Gasteiger partial charge in [0.25, 0.3) is 5.89 Å². The Labute approximate surface area is 183 Å². The van der Waals surface area contributed by atoms with Gasteiger partial charge >= 0.3 is 0 Å². The van der Waals surface area contributed by atoms with E-state index in [4.69, 9.17) is 9.15 Å². The van der Waals surface area contributed by atoms with E-state index in [9.17, 15) is 8.42 Å². The molecule has 2 heterocycles. The van der Waals surface area contributed by atoms with Gasteiger partial charge in [-0.3, -0.25) is 0 Å². The van der Waals surface area contributed by atoms with Crippen molar-refractivity contribution in [3.8, 4) is 17.2 Å². The fourth-order valence-corrected chi connectivity index (χ4v) is 6.26. The van der Waals surface area contributed by atoms with E-state index < -0.39 is 10.0 Å². The van der Waals surface area contributed by atoms with Gasteiger partial charge in [-0.2, -0.15) is 4.31 Å². The summed E-state index contributed by atoms with van der Waals surface area (Å²) in [6, 6.07) is 11.3.